The molecule has 1 aromatic carbocycles. The topological polar surface area (TPSA) is 79.3 Å². The average Bonchev–Trinajstić information content (AvgIpc) is 3.05. The van der Waals surface area contributed by atoms with E-state index >= 15 is 0 Å². The van der Waals surface area contributed by atoms with Crippen LogP contribution >= 0.6 is 34.5 Å². The minimum Gasteiger partial charge on any atom is -0.481 e. The molecule has 1 aromatic heterocycles. The number of rotatable bonds is 4. The minimum absolute atomic E-state index is 0.338. The standard InChI is InChI=1S/C17H14Cl2N2O3S/c18-9-5-6-13(19)12(7-9)14-8-25-17(20-14)21-15(22)10-3-1-2-4-11(10)16(23)24/h1-2,5-8,10-11H,3-4H2,(H,23,24)(H,20,21,22)/t10-,11+/m1/s1. The van der Waals surface area contributed by atoms with Crippen molar-refractivity contribution in [1.29, 1.82) is 0 Å². The normalized spacial score (nSPS) is 19.6. The highest BCUT2D eigenvalue weighted by Crippen LogP contribution is 2.33. The molecule has 2 N–H and O–H groups in total. The van der Waals surface area contributed by atoms with Crippen molar-refractivity contribution in [3.8, 4) is 11.3 Å². The summed E-state index contributed by atoms with van der Waals surface area (Å²) in [6.45, 7) is 0. The van der Waals surface area contributed by atoms with Crippen molar-refractivity contribution < 1.29 is 14.7 Å². The van der Waals surface area contributed by atoms with E-state index in [0.717, 1.165) is 0 Å². The third kappa shape index (κ3) is 4.03. The Hall–Kier alpha value is -1.89. The number of anilines is 1. The molecule has 1 heterocycles. The molecule has 0 saturated carbocycles. The summed E-state index contributed by atoms with van der Waals surface area (Å²) in [7, 11) is 0. The predicted octanol–water partition coefficient (Wildman–Crippen LogP) is 4.72. The summed E-state index contributed by atoms with van der Waals surface area (Å²) in [5.41, 5.74) is 1.28. The molecule has 1 aliphatic rings. The number of carbonyl (C=O) groups excluding carboxylic acids is 1. The van der Waals surface area contributed by atoms with Gasteiger partial charge in [-0.1, -0.05) is 35.4 Å². The molecule has 0 radical (unpaired) electrons. The third-order valence-electron chi connectivity index (χ3n) is 4.03. The number of thiazole rings is 1. The Labute approximate surface area is 158 Å². The minimum atomic E-state index is -0.963. The van der Waals surface area contributed by atoms with Gasteiger partial charge in [0.15, 0.2) is 5.13 Å². The van der Waals surface area contributed by atoms with E-state index in [1.807, 2.05) is 6.08 Å². The summed E-state index contributed by atoms with van der Waals surface area (Å²) in [6.07, 6.45) is 4.39. The zero-order valence-corrected chi connectivity index (χ0v) is 15.2. The number of carbonyl (C=O) groups is 2. The molecule has 0 saturated heterocycles. The zero-order chi connectivity index (χ0) is 18.0. The van der Waals surface area contributed by atoms with Gasteiger partial charge in [0.25, 0.3) is 0 Å². The van der Waals surface area contributed by atoms with Gasteiger partial charge in [-0.2, -0.15) is 0 Å². The van der Waals surface area contributed by atoms with Gasteiger partial charge in [0.05, 0.1) is 22.6 Å². The molecule has 1 amide bonds. The summed E-state index contributed by atoms with van der Waals surface area (Å²) in [5, 5.41) is 15.2. The molecule has 8 heteroatoms. The number of carboxylic acids is 1. The number of aromatic nitrogens is 1. The molecule has 5 nitrogen and oxygen atoms in total. The Morgan fingerprint density at radius 2 is 1.92 bits per heavy atom. The maximum absolute atomic E-state index is 12.5. The molecule has 0 spiro atoms. The molecule has 0 unspecified atom stereocenters. The van der Waals surface area contributed by atoms with Crippen LogP contribution in [0.25, 0.3) is 11.3 Å². The molecule has 0 fully saturated rings. The van der Waals surface area contributed by atoms with Crippen LogP contribution in [0.15, 0.2) is 35.7 Å². The Balaban J connectivity index is 1.77. The Morgan fingerprint density at radius 1 is 1.20 bits per heavy atom. The van der Waals surface area contributed by atoms with Crippen LogP contribution in [0.2, 0.25) is 10.0 Å². The summed E-state index contributed by atoms with van der Waals surface area (Å²) >= 11 is 13.4. The van der Waals surface area contributed by atoms with Crippen LogP contribution in [-0.2, 0) is 9.59 Å². The number of allylic oxidation sites excluding steroid dienone is 2. The van der Waals surface area contributed by atoms with Crippen molar-refractivity contribution in [1.82, 2.24) is 4.98 Å². The second kappa shape index (κ2) is 7.56. The number of nitrogens with one attached hydrogen (secondary N) is 1. The fourth-order valence-electron chi connectivity index (χ4n) is 2.72. The number of aliphatic carboxylic acids is 1. The molecule has 130 valence electrons. The van der Waals surface area contributed by atoms with Gasteiger partial charge in [-0.25, -0.2) is 4.98 Å². The predicted molar refractivity (Wildman–Crippen MR) is 99.2 cm³/mol. The van der Waals surface area contributed by atoms with Crippen LogP contribution in [-0.4, -0.2) is 22.0 Å². The number of hydrogen-bond acceptors (Lipinski definition) is 4. The summed E-state index contributed by atoms with van der Waals surface area (Å²) < 4.78 is 0. The van der Waals surface area contributed by atoms with E-state index < -0.39 is 17.8 Å². The van der Waals surface area contributed by atoms with Crippen LogP contribution < -0.4 is 5.32 Å². The van der Waals surface area contributed by atoms with Gasteiger partial charge >= 0.3 is 5.97 Å². The molecule has 3 rings (SSSR count). The van der Waals surface area contributed by atoms with Crippen LogP contribution in [0.3, 0.4) is 0 Å². The largest absolute Gasteiger partial charge is 0.481 e. The van der Waals surface area contributed by atoms with Crippen LogP contribution in [0, 0.1) is 11.8 Å². The van der Waals surface area contributed by atoms with E-state index in [4.69, 9.17) is 23.2 Å². The number of hydrogen-bond donors (Lipinski definition) is 2. The molecule has 0 aliphatic heterocycles. The van der Waals surface area contributed by atoms with E-state index in [0.29, 0.717) is 39.3 Å². The highest BCUT2D eigenvalue weighted by molar-refractivity contribution is 7.14. The quantitative estimate of drug-likeness (QED) is 0.732. The van der Waals surface area contributed by atoms with Gasteiger partial charge in [-0.3, -0.25) is 9.59 Å². The lowest BCUT2D eigenvalue weighted by Gasteiger charge is -2.23. The molecule has 2 atom stereocenters. The summed E-state index contributed by atoms with van der Waals surface area (Å²) in [6, 6.07) is 5.07. The first-order chi connectivity index (χ1) is 12.0. The monoisotopic (exact) mass is 396 g/mol. The lowest BCUT2D eigenvalue weighted by Crippen LogP contribution is -2.34. The fourth-order valence-corrected chi connectivity index (χ4v) is 3.82. The van der Waals surface area contributed by atoms with Crippen LogP contribution in [0.5, 0.6) is 0 Å². The van der Waals surface area contributed by atoms with Crippen LogP contribution in [0.1, 0.15) is 12.8 Å². The van der Waals surface area contributed by atoms with Crippen molar-refractivity contribution in [2.24, 2.45) is 11.8 Å². The number of nitrogens with zero attached hydrogens (tertiary/aromatic N) is 1. The lowest BCUT2D eigenvalue weighted by molar-refractivity contribution is -0.146. The van der Waals surface area contributed by atoms with E-state index in [1.165, 1.54) is 11.3 Å². The van der Waals surface area contributed by atoms with Gasteiger partial charge in [-0.05, 0) is 31.0 Å². The molecule has 25 heavy (non-hydrogen) atoms. The van der Waals surface area contributed by atoms with Gasteiger partial charge in [0.2, 0.25) is 5.91 Å². The Bertz CT molecular complexity index is 850. The first-order valence-corrected chi connectivity index (χ1v) is 9.19. The smallest absolute Gasteiger partial charge is 0.307 e. The van der Waals surface area contributed by atoms with Gasteiger partial charge < -0.3 is 10.4 Å². The summed E-state index contributed by atoms with van der Waals surface area (Å²) in [5.74, 6) is -2.62. The van der Waals surface area contributed by atoms with Crippen molar-refractivity contribution in [2.75, 3.05) is 5.32 Å². The lowest BCUT2D eigenvalue weighted by atomic mass is 9.82. The molecule has 2 aromatic rings. The van der Waals surface area contributed by atoms with Gasteiger partial charge in [-0.15, -0.1) is 11.3 Å². The molecular formula is C17H14Cl2N2O3S. The van der Waals surface area contributed by atoms with E-state index in [2.05, 4.69) is 10.3 Å². The Kier molecular flexibility index (Phi) is 5.42. The Morgan fingerprint density at radius 3 is 2.64 bits per heavy atom. The average molecular weight is 397 g/mol. The van der Waals surface area contributed by atoms with Gasteiger partial charge in [0, 0.05) is 16.0 Å². The number of amides is 1. The second-order valence-electron chi connectivity index (χ2n) is 5.65. The fraction of sp³-hybridized carbons (Fsp3) is 0.235. The van der Waals surface area contributed by atoms with Crippen molar-refractivity contribution in [3.05, 3.63) is 45.8 Å². The summed E-state index contributed by atoms with van der Waals surface area (Å²) in [4.78, 5) is 28.2. The highest BCUT2D eigenvalue weighted by Gasteiger charge is 2.34. The van der Waals surface area contributed by atoms with E-state index in [9.17, 15) is 14.7 Å². The van der Waals surface area contributed by atoms with Crippen LogP contribution in [0.4, 0.5) is 5.13 Å². The van der Waals surface area contributed by atoms with Crippen molar-refractivity contribution >= 4 is 51.5 Å². The highest BCUT2D eigenvalue weighted by atomic mass is 35.5. The molecule has 1 aliphatic carbocycles. The van der Waals surface area contributed by atoms with E-state index in [-0.39, 0.29) is 5.91 Å². The van der Waals surface area contributed by atoms with Gasteiger partial charge in [0.1, 0.15) is 0 Å². The first-order valence-electron chi connectivity index (χ1n) is 7.55. The van der Waals surface area contributed by atoms with E-state index in [1.54, 1.807) is 29.7 Å². The maximum atomic E-state index is 12.5. The van der Waals surface area contributed by atoms with Crippen molar-refractivity contribution in [2.45, 2.75) is 12.8 Å². The third-order valence-corrected chi connectivity index (χ3v) is 5.35. The molecule has 0 bridgehead atoms. The second-order valence-corrected chi connectivity index (χ2v) is 7.35. The first kappa shape index (κ1) is 17.9. The number of benzene rings is 1. The zero-order valence-electron chi connectivity index (χ0n) is 12.9. The van der Waals surface area contributed by atoms with Crippen molar-refractivity contribution in [3.63, 3.8) is 0 Å². The SMILES string of the molecule is O=C(O)[C@H]1CC=CC[C@H]1C(=O)Nc1nc(-c2cc(Cl)ccc2Cl)cs1. The maximum Gasteiger partial charge on any atom is 0.307 e. The number of halogens is 2. The molecular weight excluding hydrogens is 383 g/mol. The number of carboxylic acid groups (broad SMARTS) is 1.